The number of rotatable bonds is 5. The summed E-state index contributed by atoms with van der Waals surface area (Å²) < 4.78 is 0. The van der Waals surface area contributed by atoms with Gasteiger partial charge in [-0.1, -0.05) is 0 Å². The summed E-state index contributed by atoms with van der Waals surface area (Å²) in [5.41, 5.74) is 2.14. The van der Waals surface area contributed by atoms with Crippen LogP contribution >= 0.6 is 0 Å². The van der Waals surface area contributed by atoms with Gasteiger partial charge in [-0.05, 0) is 32.4 Å². The molecule has 0 heterocycles. The third-order valence-electron chi connectivity index (χ3n) is 2.84. The first-order chi connectivity index (χ1) is 8.49. The molecule has 5 nitrogen and oxygen atoms in total. The van der Waals surface area contributed by atoms with Crippen molar-refractivity contribution >= 4 is 12.0 Å². The number of hydrogen-bond donors (Lipinski definition) is 2. The van der Waals surface area contributed by atoms with Crippen LogP contribution in [0.5, 0.6) is 5.75 Å². The lowest BCUT2D eigenvalue weighted by Crippen LogP contribution is -2.24. The number of aliphatic imine (C=N–C) groups is 1. The molecule has 1 rings (SSSR count). The maximum Gasteiger partial charge on any atom is 0.172 e. The first-order valence-electron chi connectivity index (χ1n) is 5.81. The van der Waals surface area contributed by atoms with Crippen molar-refractivity contribution < 1.29 is 15.3 Å². The quantitative estimate of drug-likeness (QED) is 0.365. The van der Waals surface area contributed by atoms with E-state index in [0.717, 1.165) is 5.56 Å². The molecule has 1 aromatic rings. The maximum atomic E-state index is 9.12. The lowest BCUT2D eigenvalue weighted by molar-refractivity contribution is -0.138. The Morgan fingerprint density at radius 3 is 2.61 bits per heavy atom. The van der Waals surface area contributed by atoms with Crippen LogP contribution in [0, 0.1) is 6.92 Å². The summed E-state index contributed by atoms with van der Waals surface area (Å²) in [7, 11) is 1.94. The second-order valence-corrected chi connectivity index (χ2v) is 4.50. The van der Waals surface area contributed by atoms with Crippen molar-refractivity contribution in [3.63, 3.8) is 0 Å². The highest BCUT2D eigenvalue weighted by Crippen LogP contribution is 2.28. The van der Waals surface area contributed by atoms with Crippen molar-refractivity contribution in [1.82, 2.24) is 4.90 Å². The summed E-state index contributed by atoms with van der Waals surface area (Å²) in [6.07, 6.45) is 1.73. The van der Waals surface area contributed by atoms with Gasteiger partial charge in [0.25, 0.3) is 0 Å². The summed E-state index contributed by atoms with van der Waals surface area (Å²) in [5, 5.41) is 17.9. The Morgan fingerprint density at radius 2 is 2.11 bits per heavy atom. The van der Waals surface area contributed by atoms with E-state index in [0.29, 0.717) is 17.3 Å². The molecule has 0 fully saturated rings. The van der Waals surface area contributed by atoms with E-state index in [-0.39, 0.29) is 12.4 Å². The molecule has 0 aliphatic heterocycles. The maximum absolute atomic E-state index is 9.12. The number of aliphatic hydroxyl groups is 1. The topological polar surface area (TPSA) is 65.3 Å². The van der Waals surface area contributed by atoms with Gasteiger partial charge in [0.05, 0.1) is 18.6 Å². The summed E-state index contributed by atoms with van der Waals surface area (Å²) in [6.45, 7) is 5.83. The van der Waals surface area contributed by atoms with E-state index in [1.54, 1.807) is 18.5 Å². The molecule has 0 atom stereocenters. The van der Waals surface area contributed by atoms with E-state index in [2.05, 4.69) is 23.7 Å². The Kier molecular flexibility index (Phi) is 5.12. The zero-order chi connectivity index (χ0) is 13.7. The van der Waals surface area contributed by atoms with Gasteiger partial charge in [0, 0.05) is 24.7 Å². The predicted molar refractivity (Wildman–Crippen MR) is 71.4 cm³/mol. The van der Waals surface area contributed by atoms with Crippen LogP contribution in [0.3, 0.4) is 0 Å². The molecule has 0 saturated heterocycles. The molecule has 0 saturated carbocycles. The first kappa shape index (κ1) is 14.5. The molecule has 18 heavy (non-hydrogen) atoms. The van der Waals surface area contributed by atoms with E-state index >= 15 is 0 Å². The molecule has 2 N–H and O–H groups in total. The smallest absolute Gasteiger partial charge is 0.172 e. The molecular formula is C13H20N2O3. The largest absolute Gasteiger partial charge is 0.392 e. The normalized spacial score (nSPS) is 11.3. The molecule has 0 aliphatic carbocycles. The lowest BCUT2D eigenvalue weighted by atomic mass is 10.1. The van der Waals surface area contributed by atoms with Gasteiger partial charge in [0.15, 0.2) is 5.75 Å². The number of aliphatic hydroxyl groups excluding tert-OH is 1. The Balaban J connectivity index is 3.03. The van der Waals surface area contributed by atoms with Crippen molar-refractivity contribution in [2.75, 3.05) is 7.05 Å². The third kappa shape index (κ3) is 3.45. The molecule has 5 heteroatoms. The van der Waals surface area contributed by atoms with Crippen molar-refractivity contribution in [2.45, 2.75) is 33.4 Å². The van der Waals surface area contributed by atoms with Crippen LogP contribution in [0.4, 0.5) is 5.69 Å². The molecule has 0 unspecified atom stereocenters. The SMILES string of the molecule is Cc1cc(CO)c(OO)cc1N=CN(C)C(C)C. The fourth-order valence-electron chi connectivity index (χ4n) is 1.37. The average Bonchev–Trinajstić information content (AvgIpc) is 2.36. The summed E-state index contributed by atoms with van der Waals surface area (Å²) in [6, 6.07) is 3.71. The van der Waals surface area contributed by atoms with E-state index in [9.17, 15) is 0 Å². The molecule has 100 valence electrons. The first-order valence-corrected chi connectivity index (χ1v) is 5.81. The van der Waals surface area contributed by atoms with Crippen molar-refractivity contribution in [1.29, 1.82) is 0 Å². The van der Waals surface area contributed by atoms with Gasteiger partial charge in [-0.25, -0.2) is 10.2 Å². The van der Waals surface area contributed by atoms with Crippen LogP contribution in [0.15, 0.2) is 17.1 Å². The minimum atomic E-state index is -0.188. The van der Waals surface area contributed by atoms with Crippen LogP contribution < -0.4 is 4.89 Å². The minimum absolute atomic E-state index is 0.188. The lowest BCUT2D eigenvalue weighted by Gasteiger charge is -2.17. The highest BCUT2D eigenvalue weighted by Gasteiger charge is 2.08. The molecule has 0 radical (unpaired) electrons. The van der Waals surface area contributed by atoms with E-state index in [1.807, 2.05) is 18.9 Å². The Hall–Kier alpha value is -1.59. The van der Waals surface area contributed by atoms with Gasteiger partial charge in [0.1, 0.15) is 0 Å². The molecule has 0 aromatic heterocycles. The number of hydrogen-bond acceptors (Lipinski definition) is 4. The Morgan fingerprint density at radius 1 is 1.44 bits per heavy atom. The molecule has 0 spiro atoms. The standard InChI is InChI=1S/C13H20N2O3/c1-9(2)15(4)8-14-12-6-13(18-17)11(7-16)5-10(12)3/h5-6,8-9,16-17H,7H2,1-4H3. The van der Waals surface area contributed by atoms with Crippen LogP contribution in [-0.2, 0) is 6.61 Å². The van der Waals surface area contributed by atoms with Crippen molar-refractivity contribution in [2.24, 2.45) is 4.99 Å². The highest BCUT2D eigenvalue weighted by atomic mass is 17.1. The predicted octanol–water partition coefficient (Wildman–Crippen LogP) is 2.34. The summed E-state index contributed by atoms with van der Waals surface area (Å²) in [4.78, 5) is 10.5. The zero-order valence-corrected chi connectivity index (χ0v) is 11.2. The van der Waals surface area contributed by atoms with Crippen LogP contribution in [0.2, 0.25) is 0 Å². The summed E-state index contributed by atoms with van der Waals surface area (Å²) in [5.74, 6) is 0.224. The fraction of sp³-hybridized carbons (Fsp3) is 0.462. The molecule has 1 aromatic carbocycles. The Labute approximate surface area is 107 Å². The van der Waals surface area contributed by atoms with Gasteiger partial charge >= 0.3 is 0 Å². The Bertz CT molecular complexity index is 430. The monoisotopic (exact) mass is 252 g/mol. The molecule has 0 aliphatic rings. The van der Waals surface area contributed by atoms with Gasteiger partial charge in [-0.15, -0.1) is 0 Å². The molecular weight excluding hydrogens is 232 g/mol. The second-order valence-electron chi connectivity index (χ2n) is 4.50. The second kappa shape index (κ2) is 6.37. The van der Waals surface area contributed by atoms with Gasteiger partial charge < -0.3 is 14.9 Å². The highest BCUT2D eigenvalue weighted by molar-refractivity contribution is 5.65. The van der Waals surface area contributed by atoms with E-state index in [1.165, 1.54) is 0 Å². The van der Waals surface area contributed by atoms with Gasteiger partial charge in [-0.3, -0.25) is 0 Å². The molecule has 0 amide bonds. The van der Waals surface area contributed by atoms with Gasteiger partial charge in [0.2, 0.25) is 0 Å². The average molecular weight is 252 g/mol. The van der Waals surface area contributed by atoms with Crippen LogP contribution in [-0.4, -0.2) is 34.7 Å². The van der Waals surface area contributed by atoms with Crippen molar-refractivity contribution in [3.05, 3.63) is 23.3 Å². The fourth-order valence-corrected chi connectivity index (χ4v) is 1.37. The zero-order valence-electron chi connectivity index (χ0n) is 11.2. The van der Waals surface area contributed by atoms with Crippen LogP contribution in [0.1, 0.15) is 25.0 Å². The van der Waals surface area contributed by atoms with Gasteiger partial charge in [-0.2, -0.15) is 0 Å². The van der Waals surface area contributed by atoms with E-state index in [4.69, 9.17) is 10.4 Å². The van der Waals surface area contributed by atoms with Crippen LogP contribution in [0.25, 0.3) is 0 Å². The van der Waals surface area contributed by atoms with E-state index < -0.39 is 0 Å². The summed E-state index contributed by atoms with van der Waals surface area (Å²) >= 11 is 0. The number of aryl methyl sites for hydroxylation is 1. The molecule has 0 bridgehead atoms. The third-order valence-corrected chi connectivity index (χ3v) is 2.84. The number of benzene rings is 1. The van der Waals surface area contributed by atoms with Crippen molar-refractivity contribution in [3.8, 4) is 5.75 Å². The number of nitrogens with zero attached hydrogens (tertiary/aromatic N) is 2. The minimum Gasteiger partial charge on any atom is -0.392 e.